The molecule has 2 N–H and O–H groups in total. The second-order valence-corrected chi connectivity index (χ2v) is 8.08. The fraction of sp³-hybridized carbons (Fsp3) is 0.333. The number of halogens is 2. The lowest BCUT2D eigenvalue weighted by Gasteiger charge is -2.13. The summed E-state index contributed by atoms with van der Waals surface area (Å²) in [4.78, 5) is 35.4. The van der Waals surface area contributed by atoms with E-state index in [4.69, 9.17) is 21.1 Å². The van der Waals surface area contributed by atoms with Crippen molar-refractivity contribution in [2.45, 2.75) is 27.3 Å². The van der Waals surface area contributed by atoms with Crippen LogP contribution in [0.4, 0.5) is 4.39 Å². The molecule has 10 heteroatoms. The SMILES string of the molecule is CCOCCOc1ccc(-c2cc(=O)[nH]c(-c3c(Cl)ccc(CNC(=O)C(C)C)c3F)n2)cn1. The molecule has 0 atom stereocenters. The van der Waals surface area contributed by atoms with Gasteiger partial charge in [0.05, 0.1) is 22.9 Å². The Kier molecular flexibility index (Phi) is 8.72. The van der Waals surface area contributed by atoms with Gasteiger partial charge in [0.15, 0.2) is 0 Å². The number of H-pyrrole nitrogens is 1. The molecule has 0 unspecified atom stereocenters. The first-order valence-electron chi connectivity index (χ1n) is 10.8. The van der Waals surface area contributed by atoms with E-state index < -0.39 is 11.4 Å². The highest BCUT2D eigenvalue weighted by Gasteiger charge is 2.18. The quantitative estimate of drug-likeness (QED) is 0.418. The van der Waals surface area contributed by atoms with Crippen LogP contribution in [0.3, 0.4) is 0 Å². The molecular weight excluding hydrogens is 463 g/mol. The number of rotatable bonds is 10. The summed E-state index contributed by atoms with van der Waals surface area (Å²) >= 11 is 6.26. The van der Waals surface area contributed by atoms with Crippen LogP contribution >= 0.6 is 11.6 Å². The average Bonchev–Trinajstić information content (AvgIpc) is 2.81. The van der Waals surface area contributed by atoms with Crippen LogP contribution in [0.5, 0.6) is 5.88 Å². The van der Waals surface area contributed by atoms with Gasteiger partial charge in [0.25, 0.3) is 5.56 Å². The highest BCUT2D eigenvalue weighted by molar-refractivity contribution is 6.33. The Labute approximate surface area is 201 Å². The van der Waals surface area contributed by atoms with Crippen LogP contribution in [0.1, 0.15) is 26.3 Å². The number of ether oxygens (including phenoxy) is 2. The third-order valence-corrected chi connectivity index (χ3v) is 5.16. The van der Waals surface area contributed by atoms with E-state index in [1.54, 1.807) is 26.0 Å². The fourth-order valence-corrected chi connectivity index (χ4v) is 3.26. The summed E-state index contributed by atoms with van der Waals surface area (Å²) in [7, 11) is 0. The summed E-state index contributed by atoms with van der Waals surface area (Å²) in [6, 6.07) is 7.62. The number of benzene rings is 1. The van der Waals surface area contributed by atoms with E-state index in [0.29, 0.717) is 37.0 Å². The van der Waals surface area contributed by atoms with Crippen molar-refractivity contribution in [1.29, 1.82) is 0 Å². The van der Waals surface area contributed by atoms with E-state index in [1.807, 2.05) is 6.92 Å². The third-order valence-electron chi connectivity index (χ3n) is 4.84. The van der Waals surface area contributed by atoms with Gasteiger partial charge < -0.3 is 19.8 Å². The molecule has 0 radical (unpaired) electrons. The standard InChI is InChI=1S/C24H26ClFN4O4/c1-4-33-9-10-34-20-8-6-15(12-27-20)18-11-19(31)30-23(29-18)21-17(25)7-5-16(22(21)26)13-28-24(32)14(2)3/h5-8,11-12,14H,4,9-10,13H2,1-3H3,(H,28,32)(H,29,30,31). The number of carbonyl (C=O) groups is 1. The zero-order valence-corrected chi connectivity index (χ0v) is 19.9. The van der Waals surface area contributed by atoms with Crippen LogP contribution < -0.4 is 15.6 Å². The summed E-state index contributed by atoms with van der Waals surface area (Å²) in [5.41, 5.74) is 0.519. The first-order valence-corrected chi connectivity index (χ1v) is 11.2. The lowest BCUT2D eigenvalue weighted by Crippen LogP contribution is -2.27. The second-order valence-electron chi connectivity index (χ2n) is 7.68. The Morgan fingerprint density at radius 2 is 2.03 bits per heavy atom. The minimum Gasteiger partial charge on any atom is -0.475 e. The molecule has 0 aliphatic heterocycles. The number of nitrogens with one attached hydrogen (secondary N) is 2. The molecule has 0 spiro atoms. The summed E-state index contributed by atoms with van der Waals surface area (Å²) in [6.07, 6.45) is 1.51. The first kappa shape index (κ1) is 25.3. The number of aromatic nitrogens is 3. The largest absolute Gasteiger partial charge is 0.475 e. The number of amides is 1. The van der Waals surface area contributed by atoms with Gasteiger partial charge >= 0.3 is 0 Å². The molecule has 0 saturated heterocycles. The van der Waals surface area contributed by atoms with Crippen molar-refractivity contribution >= 4 is 17.5 Å². The van der Waals surface area contributed by atoms with Crippen molar-refractivity contribution in [3.05, 3.63) is 63.3 Å². The number of pyridine rings is 1. The molecule has 2 heterocycles. The van der Waals surface area contributed by atoms with Crippen LogP contribution in [0.25, 0.3) is 22.6 Å². The Morgan fingerprint density at radius 3 is 2.71 bits per heavy atom. The number of aromatic amines is 1. The monoisotopic (exact) mass is 488 g/mol. The normalized spacial score (nSPS) is 11.0. The van der Waals surface area contributed by atoms with Crippen LogP contribution in [0.15, 0.2) is 41.3 Å². The van der Waals surface area contributed by atoms with Crippen LogP contribution in [-0.2, 0) is 16.1 Å². The maximum atomic E-state index is 15.3. The van der Waals surface area contributed by atoms with Crippen LogP contribution in [0, 0.1) is 11.7 Å². The van der Waals surface area contributed by atoms with E-state index in [0.717, 1.165) is 0 Å². The van der Waals surface area contributed by atoms with E-state index in [1.165, 1.54) is 24.4 Å². The Morgan fingerprint density at radius 1 is 1.24 bits per heavy atom. The van der Waals surface area contributed by atoms with Gasteiger partial charge in [0.2, 0.25) is 11.8 Å². The maximum Gasteiger partial charge on any atom is 0.251 e. The van der Waals surface area contributed by atoms with Gasteiger partial charge in [-0.2, -0.15) is 0 Å². The average molecular weight is 489 g/mol. The molecule has 0 aliphatic carbocycles. The highest BCUT2D eigenvalue weighted by Crippen LogP contribution is 2.31. The zero-order chi connectivity index (χ0) is 24.7. The molecule has 1 aromatic carbocycles. The highest BCUT2D eigenvalue weighted by atomic mass is 35.5. The van der Waals surface area contributed by atoms with Gasteiger partial charge in [0, 0.05) is 48.5 Å². The summed E-state index contributed by atoms with van der Waals surface area (Å²) < 4.78 is 26.0. The van der Waals surface area contributed by atoms with Crippen molar-refractivity contribution in [3.63, 3.8) is 0 Å². The molecule has 1 amide bonds. The number of carbonyl (C=O) groups excluding carboxylic acids is 1. The smallest absolute Gasteiger partial charge is 0.251 e. The van der Waals surface area contributed by atoms with E-state index in [2.05, 4.69) is 20.3 Å². The molecule has 0 aliphatic rings. The number of nitrogens with zero attached hydrogens (tertiary/aromatic N) is 2. The molecular formula is C24H26ClFN4O4. The fourth-order valence-electron chi connectivity index (χ4n) is 3.03. The second kappa shape index (κ2) is 11.7. The molecule has 0 bridgehead atoms. The van der Waals surface area contributed by atoms with E-state index in [-0.39, 0.29) is 40.3 Å². The molecule has 3 rings (SSSR count). The van der Waals surface area contributed by atoms with E-state index in [9.17, 15) is 9.59 Å². The Hall–Kier alpha value is -3.30. The van der Waals surface area contributed by atoms with Gasteiger partial charge in [-0.05, 0) is 19.1 Å². The summed E-state index contributed by atoms with van der Waals surface area (Å²) in [6.45, 7) is 6.78. The molecule has 34 heavy (non-hydrogen) atoms. The van der Waals surface area contributed by atoms with Gasteiger partial charge in [-0.15, -0.1) is 0 Å². The molecule has 0 saturated carbocycles. The Balaban J connectivity index is 1.88. The van der Waals surface area contributed by atoms with Crippen molar-refractivity contribution in [2.24, 2.45) is 5.92 Å². The predicted molar refractivity (Wildman–Crippen MR) is 127 cm³/mol. The van der Waals surface area contributed by atoms with Gasteiger partial charge in [-0.1, -0.05) is 31.5 Å². The summed E-state index contributed by atoms with van der Waals surface area (Å²) in [5.74, 6) is -0.743. The minimum absolute atomic E-state index is 0.0222. The first-order chi connectivity index (χ1) is 16.3. The number of hydrogen-bond acceptors (Lipinski definition) is 6. The third kappa shape index (κ3) is 6.39. The topological polar surface area (TPSA) is 106 Å². The van der Waals surface area contributed by atoms with Crippen LogP contribution in [0.2, 0.25) is 5.02 Å². The zero-order valence-electron chi connectivity index (χ0n) is 19.2. The van der Waals surface area contributed by atoms with Crippen molar-refractivity contribution in [1.82, 2.24) is 20.3 Å². The van der Waals surface area contributed by atoms with E-state index >= 15 is 4.39 Å². The minimum atomic E-state index is -0.673. The van der Waals surface area contributed by atoms with Crippen molar-refractivity contribution in [2.75, 3.05) is 19.8 Å². The van der Waals surface area contributed by atoms with Gasteiger partial charge in [0.1, 0.15) is 18.2 Å². The van der Waals surface area contributed by atoms with Crippen LogP contribution in [-0.4, -0.2) is 40.7 Å². The molecule has 2 aromatic heterocycles. The lowest BCUT2D eigenvalue weighted by molar-refractivity contribution is -0.124. The molecule has 180 valence electrons. The van der Waals surface area contributed by atoms with Gasteiger partial charge in [-0.25, -0.2) is 14.4 Å². The predicted octanol–water partition coefficient (Wildman–Crippen LogP) is 3.98. The maximum absolute atomic E-state index is 15.3. The summed E-state index contributed by atoms with van der Waals surface area (Å²) in [5, 5.41) is 2.75. The molecule has 0 fully saturated rings. The number of hydrogen-bond donors (Lipinski definition) is 2. The molecule has 3 aromatic rings. The Bertz CT molecular complexity index is 1200. The van der Waals surface area contributed by atoms with Crippen molar-refractivity contribution < 1.29 is 18.7 Å². The van der Waals surface area contributed by atoms with Crippen molar-refractivity contribution in [3.8, 4) is 28.5 Å². The van der Waals surface area contributed by atoms with Gasteiger partial charge in [-0.3, -0.25) is 9.59 Å². The molecule has 8 nitrogen and oxygen atoms in total. The lowest BCUT2D eigenvalue weighted by atomic mass is 10.1.